The first kappa shape index (κ1) is 19.1. The predicted octanol–water partition coefficient (Wildman–Crippen LogP) is 4.51. The van der Waals surface area contributed by atoms with Crippen LogP contribution in [0.4, 0.5) is 11.8 Å². The van der Waals surface area contributed by atoms with Crippen LogP contribution in [0.25, 0.3) is 11.3 Å². The second-order valence-electron chi connectivity index (χ2n) is 6.05. The Kier molecular flexibility index (Phi) is 7.02. The largest absolute Gasteiger partial charge is 0.383 e. The third-order valence-corrected chi connectivity index (χ3v) is 4.27. The summed E-state index contributed by atoms with van der Waals surface area (Å²) >= 11 is 5.94. The predicted molar refractivity (Wildman–Crippen MR) is 111 cm³/mol. The molecule has 2 aromatic carbocycles. The number of ether oxygens (including phenoxy) is 1. The minimum atomic E-state index is 0.602. The van der Waals surface area contributed by atoms with Gasteiger partial charge in [0.15, 0.2) is 0 Å². The molecule has 0 spiro atoms. The first-order valence-corrected chi connectivity index (χ1v) is 9.28. The van der Waals surface area contributed by atoms with E-state index >= 15 is 0 Å². The molecule has 2 N–H and O–H groups in total. The summed E-state index contributed by atoms with van der Waals surface area (Å²) in [4.78, 5) is 9.23. The fraction of sp³-hybridized carbons (Fsp3) is 0.238. The molecular formula is C21H23ClN4O. The Hall–Kier alpha value is -2.63. The molecular weight excluding hydrogens is 360 g/mol. The van der Waals surface area contributed by atoms with E-state index < -0.39 is 0 Å². The van der Waals surface area contributed by atoms with Gasteiger partial charge in [-0.15, -0.1) is 0 Å². The molecule has 0 amide bonds. The molecule has 0 radical (unpaired) electrons. The maximum Gasteiger partial charge on any atom is 0.225 e. The molecule has 1 heterocycles. The monoisotopic (exact) mass is 382 g/mol. The Morgan fingerprint density at radius 2 is 1.70 bits per heavy atom. The Bertz CT molecular complexity index is 841. The van der Waals surface area contributed by atoms with Gasteiger partial charge >= 0.3 is 0 Å². The quantitative estimate of drug-likeness (QED) is 0.533. The van der Waals surface area contributed by atoms with Crippen LogP contribution in [0.1, 0.15) is 5.56 Å². The number of methoxy groups -OCH3 is 1. The standard InChI is InChI=1S/C21H23ClN4O/c1-27-14-13-23-20-15-19(17-5-3-2-4-6-17)25-21(26-20)24-12-11-16-7-9-18(22)10-8-16/h2-10,15H,11-14H2,1H3,(H2,23,24,25,26). The van der Waals surface area contributed by atoms with Crippen LogP contribution < -0.4 is 10.6 Å². The van der Waals surface area contributed by atoms with Gasteiger partial charge in [0, 0.05) is 36.9 Å². The summed E-state index contributed by atoms with van der Waals surface area (Å²) in [5.74, 6) is 1.38. The van der Waals surface area contributed by atoms with E-state index in [1.165, 1.54) is 5.56 Å². The maximum absolute atomic E-state index is 5.94. The van der Waals surface area contributed by atoms with Crippen LogP contribution in [0.2, 0.25) is 5.02 Å². The van der Waals surface area contributed by atoms with E-state index in [1.807, 2.05) is 60.7 Å². The number of rotatable bonds is 9. The highest BCUT2D eigenvalue weighted by atomic mass is 35.5. The van der Waals surface area contributed by atoms with Crippen molar-refractivity contribution in [3.8, 4) is 11.3 Å². The lowest BCUT2D eigenvalue weighted by molar-refractivity contribution is 0.210. The molecule has 0 saturated carbocycles. The van der Waals surface area contributed by atoms with E-state index in [0.717, 1.165) is 35.1 Å². The van der Waals surface area contributed by atoms with Crippen LogP contribution >= 0.6 is 11.6 Å². The van der Waals surface area contributed by atoms with Gasteiger partial charge in [-0.1, -0.05) is 54.1 Å². The van der Waals surface area contributed by atoms with Gasteiger partial charge in [-0.05, 0) is 24.1 Å². The van der Waals surface area contributed by atoms with Crippen LogP contribution in [0, 0.1) is 0 Å². The van der Waals surface area contributed by atoms with Crippen molar-refractivity contribution < 1.29 is 4.74 Å². The van der Waals surface area contributed by atoms with Crippen molar-refractivity contribution in [1.29, 1.82) is 0 Å². The topological polar surface area (TPSA) is 59.1 Å². The summed E-state index contributed by atoms with van der Waals surface area (Å²) in [6.07, 6.45) is 0.864. The van der Waals surface area contributed by atoms with Crippen LogP contribution in [-0.2, 0) is 11.2 Å². The maximum atomic E-state index is 5.94. The average molecular weight is 383 g/mol. The summed E-state index contributed by atoms with van der Waals surface area (Å²) in [5.41, 5.74) is 3.14. The average Bonchev–Trinajstić information content (AvgIpc) is 2.70. The molecule has 3 rings (SSSR count). The zero-order chi connectivity index (χ0) is 18.9. The number of benzene rings is 2. The number of anilines is 2. The molecule has 1 aromatic heterocycles. The van der Waals surface area contributed by atoms with Crippen molar-refractivity contribution in [3.05, 3.63) is 71.2 Å². The molecule has 0 bridgehead atoms. The van der Waals surface area contributed by atoms with E-state index in [-0.39, 0.29) is 0 Å². The highest BCUT2D eigenvalue weighted by Gasteiger charge is 2.07. The van der Waals surface area contributed by atoms with Crippen molar-refractivity contribution >= 4 is 23.4 Å². The minimum Gasteiger partial charge on any atom is -0.383 e. The summed E-state index contributed by atoms with van der Waals surface area (Å²) < 4.78 is 5.10. The Morgan fingerprint density at radius 3 is 2.44 bits per heavy atom. The summed E-state index contributed by atoms with van der Waals surface area (Å²) in [6, 6.07) is 19.9. The van der Waals surface area contributed by atoms with E-state index in [4.69, 9.17) is 16.3 Å². The van der Waals surface area contributed by atoms with Crippen molar-refractivity contribution in [2.24, 2.45) is 0 Å². The first-order valence-electron chi connectivity index (χ1n) is 8.90. The summed E-state index contributed by atoms with van der Waals surface area (Å²) in [6.45, 7) is 2.04. The van der Waals surface area contributed by atoms with Gasteiger partial charge in [0.05, 0.1) is 12.3 Å². The fourth-order valence-electron chi connectivity index (χ4n) is 2.62. The Morgan fingerprint density at radius 1 is 0.926 bits per heavy atom. The molecule has 140 valence electrons. The zero-order valence-electron chi connectivity index (χ0n) is 15.3. The van der Waals surface area contributed by atoms with Crippen LogP contribution in [-0.4, -0.2) is 36.8 Å². The number of hydrogen-bond acceptors (Lipinski definition) is 5. The van der Waals surface area contributed by atoms with Gasteiger partial charge in [0.1, 0.15) is 5.82 Å². The normalized spacial score (nSPS) is 10.6. The second-order valence-corrected chi connectivity index (χ2v) is 6.49. The van der Waals surface area contributed by atoms with Gasteiger partial charge in [0.25, 0.3) is 0 Å². The molecule has 0 saturated heterocycles. The number of aromatic nitrogens is 2. The third kappa shape index (κ3) is 5.94. The molecule has 0 aliphatic carbocycles. The van der Waals surface area contributed by atoms with Gasteiger partial charge in [-0.3, -0.25) is 0 Å². The van der Waals surface area contributed by atoms with Crippen molar-refractivity contribution in [2.75, 3.05) is 37.4 Å². The summed E-state index contributed by atoms with van der Waals surface area (Å²) in [7, 11) is 1.68. The van der Waals surface area contributed by atoms with Gasteiger partial charge in [-0.25, -0.2) is 4.98 Å². The molecule has 0 aliphatic rings. The minimum absolute atomic E-state index is 0.602. The van der Waals surface area contributed by atoms with E-state index in [0.29, 0.717) is 19.1 Å². The lowest BCUT2D eigenvalue weighted by Crippen LogP contribution is -2.12. The Labute approximate surface area is 164 Å². The third-order valence-electron chi connectivity index (χ3n) is 4.02. The molecule has 0 unspecified atom stereocenters. The number of nitrogens with zero attached hydrogens (tertiary/aromatic N) is 2. The van der Waals surface area contributed by atoms with Crippen molar-refractivity contribution in [3.63, 3.8) is 0 Å². The molecule has 0 fully saturated rings. The zero-order valence-corrected chi connectivity index (χ0v) is 16.0. The highest BCUT2D eigenvalue weighted by Crippen LogP contribution is 2.21. The summed E-state index contributed by atoms with van der Waals surface area (Å²) in [5, 5.41) is 7.35. The van der Waals surface area contributed by atoms with Crippen molar-refractivity contribution in [2.45, 2.75) is 6.42 Å². The molecule has 3 aromatic rings. The number of halogens is 1. The van der Waals surface area contributed by atoms with E-state index in [1.54, 1.807) is 7.11 Å². The molecule has 5 nitrogen and oxygen atoms in total. The lowest BCUT2D eigenvalue weighted by Gasteiger charge is -2.11. The van der Waals surface area contributed by atoms with E-state index in [9.17, 15) is 0 Å². The van der Waals surface area contributed by atoms with Gasteiger partial charge < -0.3 is 15.4 Å². The van der Waals surface area contributed by atoms with E-state index in [2.05, 4.69) is 20.6 Å². The number of hydrogen-bond donors (Lipinski definition) is 2. The first-order chi connectivity index (χ1) is 13.2. The molecule has 6 heteroatoms. The second kappa shape index (κ2) is 9.90. The molecule has 0 atom stereocenters. The van der Waals surface area contributed by atoms with Crippen molar-refractivity contribution in [1.82, 2.24) is 9.97 Å². The van der Waals surface area contributed by atoms with Gasteiger partial charge in [-0.2, -0.15) is 4.98 Å². The fourth-order valence-corrected chi connectivity index (χ4v) is 2.75. The highest BCUT2D eigenvalue weighted by molar-refractivity contribution is 6.30. The smallest absolute Gasteiger partial charge is 0.225 e. The lowest BCUT2D eigenvalue weighted by atomic mass is 10.1. The molecule has 27 heavy (non-hydrogen) atoms. The van der Waals surface area contributed by atoms with Crippen LogP contribution in [0.15, 0.2) is 60.7 Å². The SMILES string of the molecule is COCCNc1cc(-c2ccccc2)nc(NCCc2ccc(Cl)cc2)n1. The number of nitrogens with one attached hydrogen (secondary N) is 2. The molecule has 0 aliphatic heterocycles. The van der Waals surface area contributed by atoms with Gasteiger partial charge in [0.2, 0.25) is 5.95 Å². The van der Waals surface area contributed by atoms with Crippen LogP contribution in [0.5, 0.6) is 0 Å². The Balaban J connectivity index is 1.72. The van der Waals surface area contributed by atoms with Crippen LogP contribution in [0.3, 0.4) is 0 Å².